The largest absolute Gasteiger partial charge is 2.00 e. The van der Waals surface area contributed by atoms with Crippen molar-refractivity contribution in [3.63, 3.8) is 0 Å². The maximum Gasteiger partial charge on any atom is 2.00 e. The second kappa shape index (κ2) is 15.2. The van der Waals surface area contributed by atoms with E-state index in [0.717, 1.165) is 43.6 Å². The first-order valence-electron chi connectivity index (χ1n) is 11.7. The molecular weight excluding hydrogens is 584 g/mol. The van der Waals surface area contributed by atoms with Gasteiger partial charge in [-0.05, 0) is 38.1 Å². The molecule has 0 bridgehead atoms. The maximum absolute atomic E-state index is 8.52. The van der Waals surface area contributed by atoms with Crippen LogP contribution in [0.3, 0.4) is 0 Å². The molecule has 10 nitrogen and oxygen atoms in total. The van der Waals surface area contributed by atoms with Gasteiger partial charge in [-0.2, -0.15) is 0 Å². The first kappa shape index (κ1) is 32.6. The molecule has 0 spiro atoms. The van der Waals surface area contributed by atoms with Crippen LogP contribution in [0, 0.1) is 0 Å². The van der Waals surface area contributed by atoms with Crippen LogP contribution in [-0.4, -0.2) is 59.9 Å². The molecule has 0 saturated heterocycles. The minimum atomic E-state index is -5.17. The summed E-state index contributed by atoms with van der Waals surface area (Å²) in [6.07, 6.45) is 6.02. The number of pyridine rings is 4. The molecule has 40 heavy (non-hydrogen) atoms. The molecule has 6 rings (SSSR count). The molecule has 2 aromatic carbocycles. The molecule has 2 atom stereocenters. The van der Waals surface area contributed by atoms with E-state index in [4.69, 9.17) is 27.7 Å². The van der Waals surface area contributed by atoms with Gasteiger partial charge in [0.2, 0.25) is 0 Å². The summed E-state index contributed by atoms with van der Waals surface area (Å²) in [5.41, 5.74) is 3.91. The molecule has 4 aromatic heterocycles. The maximum atomic E-state index is 8.52. The van der Waals surface area contributed by atoms with Gasteiger partial charge in [-0.3, -0.25) is 28.4 Å². The van der Waals surface area contributed by atoms with Crippen LogP contribution < -0.4 is 0 Å². The smallest absolute Gasteiger partial charge is 0.759 e. The first-order chi connectivity index (χ1) is 18.5. The summed E-state index contributed by atoms with van der Waals surface area (Å²) in [6.45, 7) is 3.09. The van der Waals surface area contributed by atoms with E-state index in [1.807, 2.05) is 24.3 Å². The third-order valence-corrected chi connectivity index (χ3v) is 5.39. The van der Waals surface area contributed by atoms with Crippen molar-refractivity contribution in [2.24, 2.45) is 0 Å². The number of hydrogen-bond donors (Lipinski definition) is 2. The second-order valence-electron chi connectivity index (χ2n) is 8.32. The molecule has 0 fully saturated rings. The van der Waals surface area contributed by atoms with Crippen molar-refractivity contribution in [3.8, 4) is 0 Å². The monoisotopic (exact) mass is 609 g/mol. The third kappa shape index (κ3) is 9.85. The fraction of sp³-hybridized carbons (Fsp3) is 0.143. The van der Waals surface area contributed by atoms with Crippen LogP contribution in [0.1, 0.15) is 13.8 Å². The number of aliphatic hydroxyl groups is 2. The van der Waals surface area contributed by atoms with E-state index in [9.17, 15) is 0 Å². The molecule has 0 amide bonds. The Balaban J connectivity index is 0.000000204. The van der Waals surface area contributed by atoms with Crippen molar-refractivity contribution in [1.82, 2.24) is 19.9 Å². The van der Waals surface area contributed by atoms with Crippen LogP contribution in [0.15, 0.2) is 97.6 Å². The van der Waals surface area contributed by atoms with Gasteiger partial charge in [-0.15, -0.1) is 0 Å². The number of benzene rings is 2. The molecule has 0 saturated carbocycles. The van der Waals surface area contributed by atoms with Crippen molar-refractivity contribution in [2.45, 2.75) is 26.1 Å². The van der Waals surface area contributed by atoms with E-state index < -0.39 is 22.6 Å². The van der Waals surface area contributed by atoms with E-state index in [1.54, 1.807) is 38.6 Å². The summed E-state index contributed by atoms with van der Waals surface area (Å²) < 4.78 is 34.1. The number of nitrogens with zero attached hydrogens (tertiary/aromatic N) is 4. The van der Waals surface area contributed by atoms with Crippen molar-refractivity contribution >= 4 is 54.0 Å². The second-order valence-corrected chi connectivity index (χ2v) is 9.14. The Hall–Kier alpha value is -3.61. The predicted octanol–water partition coefficient (Wildman–Crippen LogP) is 3.97. The number of rotatable bonds is 1. The molecule has 0 aliphatic rings. The van der Waals surface area contributed by atoms with Crippen LogP contribution in [0.2, 0.25) is 0 Å². The molecule has 12 heteroatoms. The summed E-state index contributed by atoms with van der Waals surface area (Å²) in [4.78, 5) is 17.4. The van der Waals surface area contributed by atoms with E-state index in [-0.39, 0.29) is 17.1 Å². The Labute approximate surface area is 241 Å². The van der Waals surface area contributed by atoms with Crippen molar-refractivity contribution in [2.75, 3.05) is 0 Å². The Kier molecular flexibility index (Phi) is 12.4. The average molecular weight is 610 g/mol. The molecular formula is C28H26CuN4O6S. The van der Waals surface area contributed by atoms with E-state index in [0.29, 0.717) is 0 Å². The Morgan fingerprint density at radius 3 is 0.925 bits per heavy atom. The average Bonchev–Trinajstić information content (AvgIpc) is 2.93. The molecule has 0 aliphatic carbocycles. The minimum Gasteiger partial charge on any atom is -0.759 e. The summed E-state index contributed by atoms with van der Waals surface area (Å²) in [6, 6.07) is 24.3. The Morgan fingerprint density at radius 2 is 0.750 bits per heavy atom. The van der Waals surface area contributed by atoms with E-state index >= 15 is 0 Å². The zero-order valence-electron chi connectivity index (χ0n) is 21.4. The summed E-state index contributed by atoms with van der Waals surface area (Å²) in [5, 5.41) is 21.3. The van der Waals surface area contributed by atoms with Crippen molar-refractivity contribution in [3.05, 3.63) is 97.6 Å². The standard InChI is InChI=1S/2C12H8N2.C4H10O2.Cu.H2O4S/c2*1-3-9-5-6-10-4-2-8-14-12(10)11(9)13-7-1;1-3(5)4(2)6;;1-5(2,3)4/h2*1-8H;3-6H,1-2H3;;(H2,1,2,3,4)/q;;;+2;/p-2/t;;3-,4+;;. The minimum absolute atomic E-state index is 0. The molecule has 0 unspecified atom stereocenters. The fourth-order valence-electron chi connectivity index (χ4n) is 3.36. The normalized spacial score (nSPS) is 12.1. The van der Waals surface area contributed by atoms with Gasteiger partial charge in [0.25, 0.3) is 0 Å². The summed E-state index contributed by atoms with van der Waals surface area (Å²) in [7, 11) is -5.17. The van der Waals surface area contributed by atoms with Crippen molar-refractivity contribution in [1.29, 1.82) is 0 Å². The SMILES string of the molecule is C[C@H](O)[C@@H](C)O.O=S(=O)([O-])[O-].[Cu+2].c1cnc2c(c1)ccc1cccnc12.c1cnc2c(c1)ccc1cccnc12. The summed E-state index contributed by atoms with van der Waals surface area (Å²) in [5.74, 6) is 0. The van der Waals surface area contributed by atoms with Gasteiger partial charge in [-0.1, -0.05) is 48.5 Å². The first-order valence-corrected chi connectivity index (χ1v) is 13.1. The molecule has 1 radical (unpaired) electrons. The Morgan fingerprint density at radius 1 is 0.550 bits per heavy atom. The molecule has 2 N–H and O–H groups in total. The zero-order valence-corrected chi connectivity index (χ0v) is 23.2. The predicted molar refractivity (Wildman–Crippen MR) is 148 cm³/mol. The topological polar surface area (TPSA) is 172 Å². The number of hydrogen-bond acceptors (Lipinski definition) is 10. The molecule has 6 aromatic rings. The van der Waals surface area contributed by atoms with Gasteiger partial charge < -0.3 is 19.3 Å². The van der Waals surface area contributed by atoms with Crippen LogP contribution >= 0.6 is 0 Å². The molecule has 211 valence electrons. The van der Waals surface area contributed by atoms with Gasteiger partial charge in [0.1, 0.15) is 0 Å². The van der Waals surface area contributed by atoms with Gasteiger partial charge in [0, 0.05) is 56.7 Å². The number of fused-ring (bicyclic) bond motifs is 6. The van der Waals surface area contributed by atoms with Gasteiger partial charge in [0.15, 0.2) is 0 Å². The fourth-order valence-corrected chi connectivity index (χ4v) is 3.36. The van der Waals surface area contributed by atoms with Crippen LogP contribution in [-0.2, 0) is 27.5 Å². The quantitative estimate of drug-likeness (QED) is 0.120. The van der Waals surface area contributed by atoms with Gasteiger partial charge in [0.05, 0.1) is 34.3 Å². The van der Waals surface area contributed by atoms with E-state index in [2.05, 4.69) is 68.5 Å². The van der Waals surface area contributed by atoms with Crippen LogP contribution in [0.25, 0.3) is 43.6 Å². The Bertz CT molecular complexity index is 1550. The van der Waals surface area contributed by atoms with Crippen molar-refractivity contribution < 1.29 is 44.8 Å². The van der Waals surface area contributed by atoms with Gasteiger partial charge >= 0.3 is 17.1 Å². The molecule has 0 aliphatic heterocycles. The number of aliphatic hydroxyl groups excluding tert-OH is 2. The zero-order chi connectivity index (χ0) is 28.4. The van der Waals surface area contributed by atoms with Crippen LogP contribution in [0.4, 0.5) is 0 Å². The van der Waals surface area contributed by atoms with E-state index in [1.165, 1.54) is 0 Å². The van der Waals surface area contributed by atoms with Gasteiger partial charge in [-0.25, -0.2) is 0 Å². The number of aromatic nitrogens is 4. The summed E-state index contributed by atoms with van der Waals surface area (Å²) >= 11 is 0. The van der Waals surface area contributed by atoms with Crippen LogP contribution in [0.5, 0.6) is 0 Å². The third-order valence-electron chi connectivity index (χ3n) is 5.39. The molecule has 4 heterocycles.